The van der Waals surface area contributed by atoms with Gasteiger partial charge in [-0.15, -0.1) is 0 Å². The maximum absolute atomic E-state index is 9.25. The smallest absolute Gasteiger partial charge is 0.138 e. The van der Waals surface area contributed by atoms with Gasteiger partial charge < -0.3 is 16.6 Å². The number of nitrogen functional groups attached to an aromatic ring is 1. The third kappa shape index (κ3) is 2.13. The van der Waals surface area contributed by atoms with Crippen LogP contribution in [0.1, 0.15) is 12.5 Å². The summed E-state index contributed by atoms with van der Waals surface area (Å²) in [5, 5.41) is 9.25. The molecular formula is C9H14N2O. The van der Waals surface area contributed by atoms with Gasteiger partial charge in [0.25, 0.3) is 0 Å². The van der Waals surface area contributed by atoms with Gasteiger partial charge in [0.15, 0.2) is 0 Å². The SMILES string of the molecule is CC(N)Cc1ccc(N)c(O)c1. The van der Waals surface area contributed by atoms with Crippen molar-refractivity contribution in [1.82, 2.24) is 0 Å². The number of aromatic hydroxyl groups is 1. The normalized spacial score (nSPS) is 12.8. The Morgan fingerprint density at radius 3 is 2.67 bits per heavy atom. The Balaban J connectivity index is 2.82. The summed E-state index contributed by atoms with van der Waals surface area (Å²) in [5.74, 6) is 0.133. The van der Waals surface area contributed by atoms with Crippen molar-refractivity contribution in [3.05, 3.63) is 23.8 Å². The fourth-order valence-corrected chi connectivity index (χ4v) is 1.09. The highest BCUT2D eigenvalue weighted by Crippen LogP contribution is 2.20. The molecule has 0 aliphatic rings. The lowest BCUT2D eigenvalue weighted by atomic mass is 10.1. The highest BCUT2D eigenvalue weighted by molar-refractivity contribution is 5.52. The number of hydrogen-bond acceptors (Lipinski definition) is 3. The van der Waals surface area contributed by atoms with Crippen molar-refractivity contribution in [1.29, 1.82) is 0 Å². The van der Waals surface area contributed by atoms with Gasteiger partial charge in [-0.3, -0.25) is 0 Å². The van der Waals surface area contributed by atoms with Gasteiger partial charge >= 0.3 is 0 Å². The largest absolute Gasteiger partial charge is 0.506 e. The predicted molar refractivity (Wildman–Crippen MR) is 49.9 cm³/mol. The quantitative estimate of drug-likeness (QED) is 0.451. The molecule has 1 atom stereocenters. The van der Waals surface area contributed by atoms with Crippen molar-refractivity contribution in [2.45, 2.75) is 19.4 Å². The van der Waals surface area contributed by atoms with Gasteiger partial charge in [0.2, 0.25) is 0 Å². The lowest BCUT2D eigenvalue weighted by Crippen LogP contribution is -2.17. The van der Waals surface area contributed by atoms with Crippen LogP contribution in [-0.2, 0) is 6.42 Å². The van der Waals surface area contributed by atoms with E-state index in [1.54, 1.807) is 12.1 Å². The molecular weight excluding hydrogens is 152 g/mol. The van der Waals surface area contributed by atoms with Gasteiger partial charge in [-0.25, -0.2) is 0 Å². The van der Waals surface area contributed by atoms with Crippen molar-refractivity contribution < 1.29 is 5.11 Å². The molecule has 0 radical (unpaired) electrons. The highest BCUT2D eigenvalue weighted by Gasteiger charge is 2.00. The number of nitrogens with two attached hydrogens (primary N) is 2. The molecule has 1 aromatic carbocycles. The molecule has 0 heterocycles. The van der Waals surface area contributed by atoms with Gasteiger partial charge in [-0.1, -0.05) is 6.07 Å². The van der Waals surface area contributed by atoms with Gasteiger partial charge in [0.05, 0.1) is 5.69 Å². The van der Waals surface area contributed by atoms with Crippen LogP contribution in [0.2, 0.25) is 0 Å². The minimum Gasteiger partial charge on any atom is -0.506 e. The first-order valence-electron chi connectivity index (χ1n) is 3.92. The average molecular weight is 166 g/mol. The van der Waals surface area contributed by atoms with Crippen LogP contribution in [0.5, 0.6) is 5.75 Å². The van der Waals surface area contributed by atoms with E-state index in [0.717, 1.165) is 12.0 Å². The minimum atomic E-state index is 0.105. The molecule has 12 heavy (non-hydrogen) atoms. The lowest BCUT2D eigenvalue weighted by Gasteiger charge is -2.06. The molecule has 1 aromatic rings. The average Bonchev–Trinajstić information content (AvgIpc) is 1.96. The number of benzene rings is 1. The Morgan fingerprint density at radius 2 is 2.17 bits per heavy atom. The molecule has 0 bridgehead atoms. The Labute approximate surface area is 72.0 Å². The summed E-state index contributed by atoms with van der Waals surface area (Å²) in [4.78, 5) is 0. The minimum absolute atomic E-state index is 0.105. The van der Waals surface area contributed by atoms with Crippen molar-refractivity contribution in [2.75, 3.05) is 5.73 Å². The van der Waals surface area contributed by atoms with Crippen molar-refractivity contribution in [2.24, 2.45) is 5.73 Å². The van der Waals surface area contributed by atoms with Gasteiger partial charge in [0.1, 0.15) is 5.75 Å². The van der Waals surface area contributed by atoms with E-state index in [1.165, 1.54) is 0 Å². The zero-order valence-corrected chi connectivity index (χ0v) is 7.12. The van der Waals surface area contributed by atoms with Crippen molar-refractivity contribution in [3.8, 4) is 5.75 Å². The topological polar surface area (TPSA) is 72.3 Å². The fourth-order valence-electron chi connectivity index (χ4n) is 1.09. The summed E-state index contributed by atoms with van der Waals surface area (Å²) < 4.78 is 0. The van der Waals surface area contributed by atoms with Crippen LogP contribution in [0.4, 0.5) is 5.69 Å². The Hall–Kier alpha value is -1.22. The summed E-state index contributed by atoms with van der Waals surface area (Å²) in [7, 11) is 0. The van der Waals surface area contributed by atoms with Gasteiger partial charge in [0, 0.05) is 6.04 Å². The molecule has 3 heteroatoms. The number of phenols is 1. The second kappa shape index (κ2) is 3.45. The van der Waals surface area contributed by atoms with E-state index in [0.29, 0.717) is 5.69 Å². The first kappa shape index (κ1) is 8.87. The van der Waals surface area contributed by atoms with E-state index < -0.39 is 0 Å². The number of phenolic OH excluding ortho intramolecular Hbond substituents is 1. The summed E-state index contributed by atoms with van der Waals surface area (Å²) in [5.41, 5.74) is 12.5. The van der Waals surface area contributed by atoms with Crippen LogP contribution < -0.4 is 11.5 Å². The maximum Gasteiger partial charge on any atom is 0.138 e. The molecule has 0 aliphatic heterocycles. The molecule has 3 nitrogen and oxygen atoms in total. The number of rotatable bonds is 2. The zero-order chi connectivity index (χ0) is 9.14. The Bertz CT molecular complexity index is 271. The molecule has 0 aliphatic carbocycles. The summed E-state index contributed by atoms with van der Waals surface area (Å²) in [6.07, 6.45) is 0.758. The highest BCUT2D eigenvalue weighted by atomic mass is 16.3. The second-order valence-electron chi connectivity index (χ2n) is 3.07. The molecule has 0 aromatic heterocycles. The molecule has 5 N–H and O–H groups in total. The summed E-state index contributed by atoms with van der Waals surface area (Å²) >= 11 is 0. The van der Waals surface area contributed by atoms with Crippen LogP contribution in [0, 0.1) is 0 Å². The van der Waals surface area contributed by atoms with Crippen LogP contribution in [0.25, 0.3) is 0 Å². The molecule has 0 spiro atoms. The molecule has 66 valence electrons. The molecule has 0 saturated carbocycles. The third-order valence-corrected chi connectivity index (χ3v) is 1.65. The van der Waals surface area contributed by atoms with E-state index >= 15 is 0 Å². The maximum atomic E-state index is 9.25. The van der Waals surface area contributed by atoms with Crippen LogP contribution in [-0.4, -0.2) is 11.1 Å². The van der Waals surface area contributed by atoms with E-state index in [9.17, 15) is 5.11 Å². The summed E-state index contributed by atoms with van der Waals surface area (Å²) in [6.45, 7) is 1.92. The Kier molecular flexibility index (Phi) is 2.55. The van der Waals surface area contributed by atoms with Gasteiger partial charge in [-0.2, -0.15) is 0 Å². The summed E-state index contributed by atoms with van der Waals surface area (Å²) in [6, 6.07) is 5.32. The number of anilines is 1. The van der Waals surface area contributed by atoms with Crippen LogP contribution >= 0.6 is 0 Å². The van der Waals surface area contributed by atoms with Crippen molar-refractivity contribution >= 4 is 5.69 Å². The molecule has 0 fully saturated rings. The fraction of sp³-hybridized carbons (Fsp3) is 0.333. The molecule has 1 unspecified atom stereocenters. The predicted octanol–water partition coefficient (Wildman–Crippen LogP) is 0.864. The van der Waals surface area contributed by atoms with Crippen molar-refractivity contribution in [3.63, 3.8) is 0 Å². The van der Waals surface area contributed by atoms with E-state index in [-0.39, 0.29) is 11.8 Å². The lowest BCUT2D eigenvalue weighted by molar-refractivity contribution is 0.477. The standard InChI is InChI=1S/C9H14N2O/c1-6(10)4-7-2-3-8(11)9(12)5-7/h2-3,5-6,12H,4,10-11H2,1H3. The number of hydrogen-bond donors (Lipinski definition) is 3. The molecule has 0 saturated heterocycles. The van der Waals surface area contributed by atoms with Gasteiger partial charge in [-0.05, 0) is 31.0 Å². The molecule has 1 rings (SSSR count). The van der Waals surface area contributed by atoms with E-state index in [2.05, 4.69) is 0 Å². The van der Waals surface area contributed by atoms with Crippen LogP contribution in [0.15, 0.2) is 18.2 Å². The zero-order valence-electron chi connectivity index (χ0n) is 7.12. The monoisotopic (exact) mass is 166 g/mol. The van der Waals surface area contributed by atoms with Crippen LogP contribution in [0.3, 0.4) is 0 Å². The second-order valence-corrected chi connectivity index (χ2v) is 3.07. The first-order valence-corrected chi connectivity index (χ1v) is 3.92. The van der Waals surface area contributed by atoms with E-state index in [4.69, 9.17) is 11.5 Å². The molecule has 0 amide bonds. The Morgan fingerprint density at radius 1 is 1.50 bits per heavy atom. The first-order chi connectivity index (χ1) is 5.59. The van der Waals surface area contributed by atoms with E-state index in [1.807, 2.05) is 13.0 Å². The third-order valence-electron chi connectivity index (χ3n) is 1.65.